The standard InChI is InChI=1S/C22H18ClN3O2S/c23-16-9-7-15(8-10-16)19-24-17(13-29-19)12-26-20(27)22(25-21(26)28)11-3-5-14-4-1-2-6-18(14)22/h1-2,4,6-10,13H,3,5,11-12H2,(H,25,28)/t22-/m1/s1. The lowest BCUT2D eigenvalue weighted by Crippen LogP contribution is -2.46. The van der Waals surface area contributed by atoms with Gasteiger partial charge in [-0.25, -0.2) is 9.78 Å². The molecule has 1 N–H and O–H groups in total. The summed E-state index contributed by atoms with van der Waals surface area (Å²) in [5, 5.41) is 6.39. The van der Waals surface area contributed by atoms with Crippen molar-refractivity contribution >= 4 is 34.9 Å². The Balaban J connectivity index is 1.42. The van der Waals surface area contributed by atoms with Crippen LogP contribution in [0.2, 0.25) is 5.02 Å². The topological polar surface area (TPSA) is 62.3 Å². The number of hydrogen-bond donors (Lipinski definition) is 1. The second-order valence-corrected chi connectivity index (χ2v) is 8.68. The summed E-state index contributed by atoms with van der Waals surface area (Å²) >= 11 is 7.44. The van der Waals surface area contributed by atoms with Crippen molar-refractivity contribution in [1.29, 1.82) is 0 Å². The van der Waals surface area contributed by atoms with Crippen molar-refractivity contribution in [2.45, 2.75) is 31.3 Å². The summed E-state index contributed by atoms with van der Waals surface area (Å²) in [6.07, 6.45) is 2.42. The van der Waals surface area contributed by atoms with Gasteiger partial charge in [-0.2, -0.15) is 0 Å². The van der Waals surface area contributed by atoms with E-state index in [4.69, 9.17) is 11.6 Å². The molecule has 1 fully saturated rings. The number of urea groups is 1. The van der Waals surface area contributed by atoms with Gasteiger partial charge in [0.25, 0.3) is 5.91 Å². The van der Waals surface area contributed by atoms with E-state index < -0.39 is 5.54 Å². The highest BCUT2D eigenvalue weighted by Crippen LogP contribution is 2.40. The number of nitrogens with zero attached hydrogens (tertiary/aromatic N) is 2. The molecule has 1 aliphatic heterocycles. The predicted molar refractivity (Wildman–Crippen MR) is 113 cm³/mol. The number of halogens is 1. The molecule has 3 aromatic rings. The van der Waals surface area contributed by atoms with E-state index in [1.807, 2.05) is 53.9 Å². The minimum atomic E-state index is -0.943. The van der Waals surface area contributed by atoms with E-state index in [1.54, 1.807) is 0 Å². The van der Waals surface area contributed by atoms with E-state index >= 15 is 0 Å². The van der Waals surface area contributed by atoms with Gasteiger partial charge in [0.05, 0.1) is 12.2 Å². The third-order valence-electron chi connectivity index (χ3n) is 5.61. The molecule has 146 valence electrons. The van der Waals surface area contributed by atoms with E-state index in [9.17, 15) is 9.59 Å². The maximum Gasteiger partial charge on any atom is 0.325 e. The van der Waals surface area contributed by atoms with Gasteiger partial charge in [-0.05, 0) is 42.5 Å². The fourth-order valence-corrected chi connectivity index (χ4v) is 5.16. The molecule has 1 saturated heterocycles. The van der Waals surface area contributed by atoms with Crippen LogP contribution in [0.25, 0.3) is 10.6 Å². The number of aryl methyl sites for hydroxylation is 1. The number of aromatic nitrogens is 1. The Morgan fingerprint density at radius 1 is 1.14 bits per heavy atom. The summed E-state index contributed by atoms with van der Waals surface area (Å²) in [4.78, 5) is 32.0. The number of rotatable bonds is 3. The van der Waals surface area contributed by atoms with Crippen molar-refractivity contribution in [2.24, 2.45) is 0 Å². The van der Waals surface area contributed by atoms with Gasteiger partial charge in [-0.3, -0.25) is 9.69 Å². The zero-order chi connectivity index (χ0) is 20.0. The Bertz CT molecular complexity index is 1110. The first-order chi connectivity index (χ1) is 14.1. The monoisotopic (exact) mass is 423 g/mol. The third kappa shape index (κ3) is 3.03. The Kier molecular flexibility index (Phi) is 4.41. The van der Waals surface area contributed by atoms with Gasteiger partial charge in [0.1, 0.15) is 10.5 Å². The number of hydrogen-bond acceptors (Lipinski definition) is 4. The predicted octanol–water partition coefficient (Wildman–Crippen LogP) is 4.75. The molecule has 2 aromatic carbocycles. The molecule has 1 aromatic heterocycles. The van der Waals surface area contributed by atoms with Crippen molar-refractivity contribution in [3.05, 3.63) is 75.8 Å². The Morgan fingerprint density at radius 2 is 1.93 bits per heavy atom. The molecular weight excluding hydrogens is 406 g/mol. The number of benzene rings is 2. The highest BCUT2D eigenvalue weighted by Gasteiger charge is 2.53. The number of amides is 3. The van der Waals surface area contributed by atoms with Crippen molar-refractivity contribution < 1.29 is 9.59 Å². The van der Waals surface area contributed by atoms with Crippen LogP contribution in [0.1, 0.15) is 29.7 Å². The number of imide groups is 1. The Hall–Kier alpha value is -2.70. The molecule has 0 saturated carbocycles. The van der Waals surface area contributed by atoms with E-state index in [2.05, 4.69) is 10.3 Å². The van der Waals surface area contributed by atoms with Crippen LogP contribution in [-0.2, 0) is 23.3 Å². The average molecular weight is 424 g/mol. The van der Waals surface area contributed by atoms with Crippen LogP contribution in [0.15, 0.2) is 53.9 Å². The summed E-state index contributed by atoms with van der Waals surface area (Å²) in [6, 6.07) is 15.0. The summed E-state index contributed by atoms with van der Waals surface area (Å²) in [5.41, 5.74) is 2.77. The van der Waals surface area contributed by atoms with E-state index in [1.165, 1.54) is 16.2 Å². The minimum Gasteiger partial charge on any atom is -0.319 e. The third-order valence-corrected chi connectivity index (χ3v) is 6.81. The number of nitrogens with one attached hydrogen (secondary N) is 1. The maximum absolute atomic E-state index is 13.4. The van der Waals surface area contributed by atoms with Crippen LogP contribution in [0.4, 0.5) is 4.79 Å². The SMILES string of the molecule is O=C1N[C@@]2(CCCc3ccccc32)C(=O)N1Cc1csc(-c2ccc(Cl)cc2)n1. The number of fused-ring (bicyclic) bond motifs is 2. The van der Waals surface area contributed by atoms with E-state index in [0.717, 1.165) is 34.5 Å². The zero-order valence-electron chi connectivity index (χ0n) is 15.5. The van der Waals surface area contributed by atoms with Gasteiger partial charge in [-0.1, -0.05) is 48.0 Å². The molecule has 5 nitrogen and oxygen atoms in total. The molecular formula is C22H18ClN3O2S. The molecule has 2 aliphatic rings. The first-order valence-corrected chi connectivity index (χ1v) is 10.8. The molecule has 1 atom stereocenters. The Labute approximate surface area is 177 Å². The highest BCUT2D eigenvalue weighted by atomic mass is 35.5. The van der Waals surface area contributed by atoms with Crippen molar-refractivity contribution in [1.82, 2.24) is 15.2 Å². The molecule has 1 aliphatic carbocycles. The summed E-state index contributed by atoms with van der Waals surface area (Å²) in [6.45, 7) is 0.165. The smallest absolute Gasteiger partial charge is 0.319 e. The molecule has 3 amide bonds. The van der Waals surface area contributed by atoms with Crippen LogP contribution in [0, 0.1) is 0 Å². The number of thiazole rings is 1. The fraction of sp³-hybridized carbons (Fsp3) is 0.227. The fourth-order valence-electron chi connectivity index (χ4n) is 4.22. The quantitative estimate of drug-likeness (QED) is 0.618. The largest absolute Gasteiger partial charge is 0.325 e. The van der Waals surface area contributed by atoms with Crippen molar-refractivity contribution in [3.63, 3.8) is 0 Å². The lowest BCUT2D eigenvalue weighted by Gasteiger charge is -2.33. The second-order valence-electron chi connectivity index (χ2n) is 7.39. The zero-order valence-corrected chi connectivity index (χ0v) is 17.1. The summed E-state index contributed by atoms with van der Waals surface area (Å²) < 4.78 is 0. The molecule has 2 heterocycles. The lowest BCUT2D eigenvalue weighted by molar-refractivity contribution is -0.132. The van der Waals surface area contributed by atoms with Gasteiger partial charge >= 0.3 is 6.03 Å². The van der Waals surface area contributed by atoms with Gasteiger partial charge in [0, 0.05) is 16.0 Å². The van der Waals surface area contributed by atoms with Crippen molar-refractivity contribution in [3.8, 4) is 10.6 Å². The molecule has 0 radical (unpaired) electrons. The van der Waals surface area contributed by atoms with Crippen LogP contribution >= 0.6 is 22.9 Å². The van der Waals surface area contributed by atoms with Gasteiger partial charge in [0.2, 0.25) is 0 Å². The second kappa shape index (κ2) is 6.97. The number of carbonyl (C=O) groups excluding carboxylic acids is 2. The molecule has 29 heavy (non-hydrogen) atoms. The number of carbonyl (C=O) groups is 2. The Morgan fingerprint density at radius 3 is 2.76 bits per heavy atom. The average Bonchev–Trinajstić information content (AvgIpc) is 3.29. The van der Waals surface area contributed by atoms with Crippen molar-refractivity contribution in [2.75, 3.05) is 0 Å². The molecule has 0 bridgehead atoms. The van der Waals surface area contributed by atoms with E-state index in [0.29, 0.717) is 17.1 Å². The molecule has 7 heteroatoms. The first kappa shape index (κ1) is 18.3. The summed E-state index contributed by atoms with van der Waals surface area (Å²) in [5.74, 6) is -0.185. The molecule has 5 rings (SSSR count). The normalized spacial score (nSPS) is 20.8. The highest BCUT2D eigenvalue weighted by molar-refractivity contribution is 7.13. The van der Waals surface area contributed by atoms with E-state index in [-0.39, 0.29) is 18.5 Å². The maximum atomic E-state index is 13.4. The minimum absolute atomic E-state index is 0.165. The van der Waals surface area contributed by atoms with Crippen LogP contribution < -0.4 is 5.32 Å². The van der Waals surface area contributed by atoms with Crippen LogP contribution in [0.5, 0.6) is 0 Å². The molecule has 0 unspecified atom stereocenters. The van der Waals surface area contributed by atoms with Gasteiger partial charge in [-0.15, -0.1) is 11.3 Å². The summed E-state index contributed by atoms with van der Waals surface area (Å²) in [7, 11) is 0. The first-order valence-electron chi connectivity index (χ1n) is 9.50. The van der Waals surface area contributed by atoms with Gasteiger partial charge in [0.15, 0.2) is 0 Å². The van der Waals surface area contributed by atoms with Gasteiger partial charge < -0.3 is 5.32 Å². The van der Waals surface area contributed by atoms with Crippen LogP contribution in [-0.4, -0.2) is 21.8 Å². The molecule has 1 spiro atoms. The lowest BCUT2D eigenvalue weighted by atomic mass is 9.76. The van der Waals surface area contributed by atoms with Crippen LogP contribution in [0.3, 0.4) is 0 Å².